The third kappa shape index (κ3) is 3.12. The van der Waals surface area contributed by atoms with Gasteiger partial charge in [0.1, 0.15) is 0 Å². The van der Waals surface area contributed by atoms with Gasteiger partial charge in [0.25, 0.3) is 0 Å². The maximum Gasteiger partial charge on any atom is 0.166 e. The summed E-state index contributed by atoms with van der Waals surface area (Å²) in [5.74, 6) is 0. The zero-order chi connectivity index (χ0) is 13.1. The molecule has 102 valence electrons. The summed E-state index contributed by atoms with van der Waals surface area (Å²) in [5.41, 5.74) is 1.13. The van der Waals surface area contributed by atoms with Crippen molar-refractivity contribution in [1.29, 1.82) is 0 Å². The van der Waals surface area contributed by atoms with Crippen LogP contribution in [-0.2, 0) is 0 Å². The highest BCUT2D eigenvalue weighted by atomic mass is 32.2. The largest absolute Gasteiger partial charge is 0.242 e. The van der Waals surface area contributed by atoms with Crippen LogP contribution >= 0.6 is 23.3 Å². The van der Waals surface area contributed by atoms with Crippen LogP contribution < -0.4 is 0 Å². The van der Waals surface area contributed by atoms with Crippen molar-refractivity contribution in [2.24, 2.45) is 0 Å². The SMILES string of the molecule is CCN(Sc1nc2ccccc2s1)C1CCCCC1. The quantitative estimate of drug-likeness (QED) is 0.741. The van der Waals surface area contributed by atoms with Crippen molar-refractivity contribution in [2.45, 2.75) is 49.4 Å². The second kappa shape index (κ2) is 6.25. The van der Waals surface area contributed by atoms with E-state index in [1.54, 1.807) is 0 Å². The molecule has 0 spiro atoms. The van der Waals surface area contributed by atoms with Gasteiger partial charge in [-0.3, -0.25) is 0 Å². The lowest BCUT2D eigenvalue weighted by Gasteiger charge is -2.31. The van der Waals surface area contributed by atoms with E-state index in [-0.39, 0.29) is 0 Å². The van der Waals surface area contributed by atoms with E-state index in [1.807, 2.05) is 23.3 Å². The lowest BCUT2D eigenvalue weighted by molar-refractivity contribution is 0.281. The highest BCUT2D eigenvalue weighted by Crippen LogP contribution is 2.35. The first-order chi connectivity index (χ1) is 9.36. The van der Waals surface area contributed by atoms with Crippen molar-refractivity contribution in [2.75, 3.05) is 6.54 Å². The molecule has 0 N–H and O–H groups in total. The molecule has 3 rings (SSSR count). The predicted molar refractivity (Wildman–Crippen MR) is 84.7 cm³/mol. The highest BCUT2D eigenvalue weighted by Gasteiger charge is 2.21. The molecule has 1 saturated carbocycles. The molecule has 0 radical (unpaired) electrons. The number of hydrogen-bond donors (Lipinski definition) is 0. The third-order valence-electron chi connectivity index (χ3n) is 3.76. The van der Waals surface area contributed by atoms with Crippen molar-refractivity contribution < 1.29 is 0 Å². The molecule has 0 amide bonds. The summed E-state index contributed by atoms with van der Waals surface area (Å²) in [7, 11) is 0. The molecule has 1 fully saturated rings. The highest BCUT2D eigenvalue weighted by molar-refractivity contribution is 7.98. The molecule has 0 aliphatic heterocycles. The number of thiazole rings is 1. The van der Waals surface area contributed by atoms with Crippen LogP contribution in [0.2, 0.25) is 0 Å². The first kappa shape index (κ1) is 13.4. The Morgan fingerprint density at radius 2 is 2.05 bits per heavy atom. The molecule has 19 heavy (non-hydrogen) atoms. The van der Waals surface area contributed by atoms with Crippen molar-refractivity contribution in [3.05, 3.63) is 24.3 Å². The summed E-state index contributed by atoms with van der Waals surface area (Å²) in [6.07, 6.45) is 6.90. The Bertz CT molecular complexity index is 499. The average molecular weight is 292 g/mol. The van der Waals surface area contributed by atoms with Crippen molar-refractivity contribution in [3.63, 3.8) is 0 Å². The van der Waals surface area contributed by atoms with Crippen LogP contribution in [-0.4, -0.2) is 21.9 Å². The Morgan fingerprint density at radius 1 is 1.26 bits per heavy atom. The van der Waals surface area contributed by atoms with E-state index in [0.29, 0.717) is 0 Å². The molecule has 1 heterocycles. The molecule has 1 aromatic carbocycles. The lowest BCUT2D eigenvalue weighted by atomic mass is 9.95. The fourth-order valence-corrected chi connectivity index (χ4v) is 4.99. The monoisotopic (exact) mass is 292 g/mol. The lowest BCUT2D eigenvalue weighted by Crippen LogP contribution is -2.31. The van der Waals surface area contributed by atoms with Crippen LogP contribution in [0.3, 0.4) is 0 Å². The molecule has 1 aromatic heterocycles. The topological polar surface area (TPSA) is 16.1 Å². The smallest absolute Gasteiger partial charge is 0.166 e. The number of benzene rings is 1. The Labute approximate surface area is 123 Å². The molecule has 0 saturated heterocycles. The molecule has 2 nitrogen and oxygen atoms in total. The van der Waals surface area contributed by atoms with E-state index in [4.69, 9.17) is 4.98 Å². The van der Waals surface area contributed by atoms with Gasteiger partial charge in [-0.25, -0.2) is 9.29 Å². The van der Waals surface area contributed by atoms with E-state index in [2.05, 4.69) is 35.5 Å². The second-order valence-electron chi connectivity index (χ2n) is 5.06. The maximum absolute atomic E-state index is 4.74. The van der Waals surface area contributed by atoms with Crippen LogP contribution in [0, 0.1) is 0 Å². The Hall–Kier alpha value is -0.580. The van der Waals surface area contributed by atoms with E-state index >= 15 is 0 Å². The number of rotatable bonds is 4. The fraction of sp³-hybridized carbons (Fsp3) is 0.533. The van der Waals surface area contributed by atoms with Gasteiger partial charge in [0.05, 0.1) is 10.2 Å². The zero-order valence-corrected chi connectivity index (χ0v) is 13.0. The normalized spacial score (nSPS) is 17.4. The zero-order valence-electron chi connectivity index (χ0n) is 11.3. The Balaban J connectivity index is 1.74. The number of hydrogen-bond acceptors (Lipinski definition) is 4. The van der Waals surface area contributed by atoms with Gasteiger partial charge in [0.2, 0.25) is 0 Å². The van der Waals surface area contributed by atoms with Gasteiger partial charge in [-0.2, -0.15) is 0 Å². The maximum atomic E-state index is 4.74. The van der Waals surface area contributed by atoms with Gasteiger partial charge in [-0.15, -0.1) is 11.3 Å². The Kier molecular flexibility index (Phi) is 4.41. The number of nitrogens with zero attached hydrogens (tertiary/aromatic N) is 2. The minimum Gasteiger partial charge on any atom is -0.242 e. The molecule has 0 atom stereocenters. The molecule has 0 unspecified atom stereocenters. The Morgan fingerprint density at radius 3 is 2.79 bits per heavy atom. The van der Waals surface area contributed by atoms with Crippen LogP contribution in [0.15, 0.2) is 28.6 Å². The first-order valence-corrected chi connectivity index (χ1v) is 8.76. The van der Waals surface area contributed by atoms with Gasteiger partial charge in [-0.05, 0) is 36.9 Å². The van der Waals surface area contributed by atoms with Gasteiger partial charge in [-0.1, -0.05) is 38.3 Å². The van der Waals surface area contributed by atoms with Gasteiger partial charge < -0.3 is 0 Å². The molecule has 0 bridgehead atoms. The average Bonchev–Trinajstić information content (AvgIpc) is 2.88. The van der Waals surface area contributed by atoms with Crippen molar-refractivity contribution >= 4 is 33.5 Å². The molecule has 1 aliphatic rings. The van der Waals surface area contributed by atoms with Crippen molar-refractivity contribution in [3.8, 4) is 0 Å². The molecule has 2 aromatic rings. The van der Waals surface area contributed by atoms with E-state index in [9.17, 15) is 0 Å². The molecule has 1 aliphatic carbocycles. The number of fused-ring (bicyclic) bond motifs is 1. The number of aromatic nitrogens is 1. The summed E-state index contributed by atoms with van der Waals surface area (Å²) < 4.78 is 5.02. The summed E-state index contributed by atoms with van der Waals surface area (Å²) >= 11 is 3.68. The second-order valence-corrected chi connectivity index (χ2v) is 7.39. The van der Waals surface area contributed by atoms with Crippen LogP contribution in [0.25, 0.3) is 10.2 Å². The van der Waals surface area contributed by atoms with Gasteiger partial charge >= 0.3 is 0 Å². The predicted octanol–water partition coefficient (Wildman–Crippen LogP) is 4.96. The number of para-hydroxylation sites is 1. The molecular weight excluding hydrogens is 272 g/mol. The van der Waals surface area contributed by atoms with Crippen LogP contribution in [0.4, 0.5) is 0 Å². The third-order valence-corrected chi connectivity index (χ3v) is 6.11. The summed E-state index contributed by atoms with van der Waals surface area (Å²) in [4.78, 5) is 4.74. The minimum atomic E-state index is 0.746. The van der Waals surface area contributed by atoms with E-state index in [1.165, 1.54) is 41.1 Å². The van der Waals surface area contributed by atoms with Crippen molar-refractivity contribution in [1.82, 2.24) is 9.29 Å². The first-order valence-electron chi connectivity index (χ1n) is 7.17. The van der Waals surface area contributed by atoms with Gasteiger partial charge in [0, 0.05) is 12.6 Å². The minimum absolute atomic E-state index is 0.746. The summed E-state index contributed by atoms with van der Waals surface area (Å²) in [6.45, 7) is 3.36. The van der Waals surface area contributed by atoms with E-state index < -0.39 is 0 Å². The summed E-state index contributed by atoms with van der Waals surface area (Å²) in [6, 6.07) is 9.17. The van der Waals surface area contributed by atoms with Crippen LogP contribution in [0.1, 0.15) is 39.0 Å². The molecule has 4 heteroatoms. The fourth-order valence-electron chi connectivity index (χ4n) is 2.76. The van der Waals surface area contributed by atoms with Crippen LogP contribution in [0.5, 0.6) is 0 Å². The summed E-state index contributed by atoms with van der Waals surface area (Å²) in [5, 5.41) is 0. The standard InChI is InChI=1S/C15H20N2S2/c1-2-17(12-8-4-3-5-9-12)19-15-16-13-10-6-7-11-14(13)18-15/h6-7,10-12H,2-5,8-9H2,1H3. The van der Waals surface area contributed by atoms with Gasteiger partial charge in [0.15, 0.2) is 4.34 Å². The molecular formula is C15H20N2S2. The van der Waals surface area contributed by atoms with E-state index in [0.717, 1.165) is 18.1 Å².